The van der Waals surface area contributed by atoms with Gasteiger partial charge in [-0.1, -0.05) is 19.4 Å². The molecule has 1 rings (SSSR count). The van der Waals surface area contributed by atoms with E-state index < -0.39 is 16.7 Å². The fourth-order valence-corrected chi connectivity index (χ4v) is 1.66. The second-order valence-corrected chi connectivity index (χ2v) is 4.22. The first-order chi connectivity index (χ1) is 8.99. The summed E-state index contributed by atoms with van der Waals surface area (Å²) in [6.07, 6.45) is 1.19. The van der Waals surface area contributed by atoms with Gasteiger partial charge in [-0.2, -0.15) is 5.26 Å². The first-order valence-corrected chi connectivity index (χ1v) is 5.95. The average molecular weight is 261 g/mol. The van der Waals surface area contributed by atoms with E-state index in [2.05, 4.69) is 5.32 Å². The van der Waals surface area contributed by atoms with E-state index in [1.807, 2.05) is 13.0 Å². The van der Waals surface area contributed by atoms with Gasteiger partial charge in [0.1, 0.15) is 5.92 Å². The van der Waals surface area contributed by atoms with Gasteiger partial charge < -0.3 is 5.32 Å². The van der Waals surface area contributed by atoms with Crippen LogP contribution in [0.1, 0.15) is 25.3 Å². The number of nitro groups is 1. The van der Waals surface area contributed by atoms with Gasteiger partial charge in [-0.3, -0.25) is 14.9 Å². The molecule has 1 atom stereocenters. The Balaban J connectivity index is 2.89. The molecule has 0 aliphatic carbocycles. The molecule has 1 unspecified atom stereocenters. The molecule has 100 valence electrons. The van der Waals surface area contributed by atoms with Crippen LogP contribution in [0.15, 0.2) is 18.2 Å². The first kappa shape index (κ1) is 14.6. The summed E-state index contributed by atoms with van der Waals surface area (Å²) in [7, 11) is 0. The van der Waals surface area contributed by atoms with Crippen molar-refractivity contribution in [2.45, 2.75) is 26.7 Å². The number of nitriles is 1. The Hall–Kier alpha value is -2.42. The molecule has 0 heterocycles. The number of nitrogens with one attached hydrogen (secondary N) is 1. The predicted octanol–water partition coefficient (Wildman–Crippen LogP) is 2.78. The van der Waals surface area contributed by atoms with Crippen molar-refractivity contribution in [3.05, 3.63) is 33.9 Å². The lowest BCUT2D eigenvalue weighted by Crippen LogP contribution is -2.21. The fraction of sp³-hybridized carbons (Fsp3) is 0.385. The van der Waals surface area contributed by atoms with Crippen LogP contribution in [0.25, 0.3) is 0 Å². The van der Waals surface area contributed by atoms with Gasteiger partial charge in [-0.25, -0.2) is 0 Å². The molecule has 0 spiro atoms. The molecular formula is C13H15N3O3. The monoisotopic (exact) mass is 261 g/mol. The Morgan fingerprint density at radius 3 is 2.79 bits per heavy atom. The third kappa shape index (κ3) is 3.78. The third-order valence-electron chi connectivity index (χ3n) is 2.72. The minimum atomic E-state index is -0.731. The van der Waals surface area contributed by atoms with E-state index in [0.717, 1.165) is 6.42 Å². The van der Waals surface area contributed by atoms with Crippen molar-refractivity contribution >= 4 is 17.3 Å². The van der Waals surface area contributed by atoms with Gasteiger partial charge in [0, 0.05) is 17.3 Å². The van der Waals surface area contributed by atoms with E-state index in [-0.39, 0.29) is 5.69 Å². The van der Waals surface area contributed by atoms with E-state index in [1.54, 1.807) is 19.1 Å². The van der Waals surface area contributed by atoms with Gasteiger partial charge in [-0.05, 0) is 19.4 Å². The molecule has 0 saturated carbocycles. The van der Waals surface area contributed by atoms with Crippen LogP contribution in [0.5, 0.6) is 0 Å². The summed E-state index contributed by atoms with van der Waals surface area (Å²) in [5.74, 6) is -1.16. The average Bonchev–Trinajstić information content (AvgIpc) is 2.37. The van der Waals surface area contributed by atoms with Gasteiger partial charge >= 0.3 is 0 Å². The van der Waals surface area contributed by atoms with E-state index in [0.29, 0.717) is 17.7 Å². The van der Waals surface area contributed by atoms with Crippen LogP contribution in [-0.2, 0) is 4.79 Å². The molecule has 0 radical (unpaired) electrons. The largest absolute Gasteiger partial charge is 0.325 e. The predicted molar refractivity (Wildman–Crippen MR) is 70.5 cm³/mol. The second kappa shape index (κ2) is 6.50. The fourth-order valence-electron chi connectivity index (χ4n) is 1.66. The summed E-state index contributed by atoms with van der Waals surface area (Å²) in [4.78, 5) is 22.1. The van der Waals surface area contributed by atoms with Crippen molar-refractivity contribution in [3.63, 3.8) is 0 Å². The third-order valence-corrected chi connectivity index (χ3v) is 2.72. The quantitative estimate of drug-likeness (QED) is 0.651. The highest BCUT2D eigenvalue weighted by Gasteiger charge is 2.18. The van der Waals surface area contributed by atoms with E-state index in [4.69, 9.17) is 5.26 Å². The number of carbonyl (C=O) groups excluding carboxylic acids is 1. The molecule has 0 saturated heterocycles. The standard InChI is InChI=1S/C13H15N3O3/c1-3-4-10(8-14)13(17)15-11-6-5-9(2)12(7-11)16(18)19/h5-7,10H,3-4H2,1-2H3,(H,15,17). The summed E-state index contributed by atoms with van der Waals surface area (Å²) in [5, 5.41) is 22.2. The highest BCUT2D eigenvalue weighted by atomic mass is 16.6. The van der Waals surface area contributed by atoms with E-state index in [1.165, 1.54) is 6.07 Å². The van der Waals surface area contributed by atoms with Crippen LogP contribution < -0.4 is 5.32 Å². The molecule has 0 aromatic heterocycles. The molecular weight excluding hydrogens is 246 g/mol. The highest BCUT2D eigenvalue weighted by molar-refractivity contribution is 5.94. The van der Waals surface area contributed by atoms with Crippen molar-refractivity contribution in [2.75, 3.05) is 5.32 Å². The minimum absolute atomic E-state index is 0.0539. The van der Waals surface area contributed by atoms with Crippen LogP contribution in [-0.4, -0.2) is 10.8 Å². The number of hydrogen-bond acceptors (Lipinski definition) is 4. The number of carbonyl (C=O) groups is 1. The molecule has 0 fully saturated rings. The van der Waals surface area contributed by atoms with Crippen LogP contribution in [0.3, 0.4) is 0 Å². The maximum atomic E-state index is 11.8. The summed E-state index contributed by atoms with van der Waals surface area (Å²) in [6.45, 7) is 3.51. The Morgan fingerprint density at radius 2 is 2.26 bits per heavy atom. The SMILES string of the molecule is CCCC(C#N)C(=O)Nc1ccc(C)c([N+](=O)[O-])c1. The molecule has 1 amide bonds. The van der Waals surface area contributed by atoms with Crippen molar-refractivity contribution < 1.29 is 9.72 Å². The molecule has 0 bridgehead atoms. The Labute approximate surface area is 111 Å². The zero-order valence-corrected chi connectivity index (χ0v) is 10.8. The molecule has 6 heteroatoms. The molecule has 6 nitrogen and oxygen atoms in total. The smallest absolute Gasteiger partial charge is 0.274 e. The maximum absolute atomic E-state index is 11.8. The van der Waals surface area contributed by atoms with Crippen LogP contribution in [0, 0.1) is 34.3 Å². The second-order valence-electron chi connectivity index (χ2n) is 4.22. The van der Waals surface area contributed by atoms with Gasteiger partial charge in [0.25, 0.3) is 5.69 Å². The van der Waals surface area contributed by atoms with Crippen molar-refractivity contribution in [3.8, 4) is 6.07 Å². The summed E-state index contributed by atoms with van der Waals surface area (Å²) >= 11 is 0. The first-order valence-electron chi connectivity index (χ1n) is 5.95. The maximum Gasteiger partial charge on any atom is 0.274 e. The molecule has 0 aliphatic heterocycles. The van der Waals surface area contributed by atoms with Gasteiger partial charge in [0.15, 0.2) is 0 Å². The van der Waals surface area contributed by atoms with E-state index >= 15 is 0 Å². The number of nitrogens with zero attached hydrogens (tertiary/aromatic N) is 2. The van der Waals surface area contributed by atoms with Crippen molar-refractivity contribution in [1.82, 2.24) is 0 Å². The summed E-state index contributed by atoms with van der Waals surface area (Å²) in [5.41, 5.74) is 0.800. The van der Waals surface area contributed by atoms with Gasteiger partial charge in [-0.15, -0.1) is 0 Å². The van der Waals surface area contributed by atoms with Crippen LogP contribution in [0.2, 0.25) is 0 Å². The lowest BCUT2D eigenvalue weighted by atomic mass is 10.0. The Morgan fingerprint density at radius 1 is 1.58 bits per heavy atom. The van der Waals surface area contributed by atoms with Gasteiger partial charge in [0.05, 0.1) is 11.0 Å². The lowest BCUT2D eigenvalue weighted by molar-refractivity contribution is -0.385. The molecule has 1 aromatic rings. The van der Waals surface area contributed by atoms with Gasteiger partial charge in [0.2, 0.25) is 5.91 Å². The molecule has 1 N–H and O–H groups in total. The van der Waals surface area contributed by atoms with Crippen molar-refractivity contribution in [1.29, 1.82) is 5.26 Å². The molecule has 1 aromatic carbocycles. The molecule has 19 heavy (non-hydrogen) atoms. The lowest BCUT2D eigenvalue weighted by Gasteiger charge is -2.09. The Bertz CT molecular complexity index is 534. The number of rotatable bonds is 5. The van der Waals surface area contributed by atoms with E-state index in [9.17, 15) is 14.9 Å². The summed E-state index contributed by atoms with van der Waals surface area (Å²) < 4.78 is 0. The van der Waals surface area contributed by atoms with Crippen LogP contribution in [0.4, 0.5) is 11.4 Å². The van der Waals surface area contributed by atoms with Crippen molar-refractivity contribution in [2.24, 2.45) is 5.92 Å². The number of amides is 1. The zero-order valence-electron chi connectivity index (χ0n) is 10.8. The Kier molecular flexibility index (Phi) is 5.01. The zero-order chi connectivity index (χ0) is 14.4. The highest BCUT2D eigenvalue weighted by Crippen LogP contribution is 2.22. The number of aryl methyl sites for hydroxylation is 1. The number of hydrogen-bond donors (Lipinski definition) is 1. The number of benzene rings is 1. The normalized spacial score (nSPS) is 11.4. The number of nitro benzene ring substituents is 1. The van der Waals surface area contributed by atoms with Crippen LogP contribution >= 0.6 is 0 Å². The number of anilines is 1. The topological polar surface area (TPSA) is 96.0 Å². The summed E-state index contributed by atoms with van der Waals surface area (Å²) in [6, 6.07) is 6.37. The minimum Gasteiger partial charge on any atom is -0.325 e. The molecule has 0 aliphatic rings.